The summed E-state index contributed by atoms with van der Waals surface area (Å²) in [5, 5.41) is 7.21. The van der Waals surface area contributed by atoms with Gasteiger partial charge in [0.15, 0.2) is 0 Å². The Labute approximate surface area is 136 Å². The number of hydrogen-bond donors (Lipinski definition) is 2. The van der Waals surface area contributed by atoms with Crippen molar-refractivity contribution >= 4 is 5.91 Å². The summed E-state index contributed by atoms with van der Waals surface area (Å²) in [7, 11) is 0. The van der Waals surface area contributed by atoms with Crippen LogP contribution in [0, 0.1) is 5.92 Å². The van der Waals surface area contributed by atoms with Gasteiger partial charge >= 0.3 is 0 Å². The molecule has 0 spiro atoms. The van der Waals surface area contributed by atoms with Crippen LogP contribution in [0.3, 0.4) is 0 Å². The molecule has 1 amide bonds. The Morgan fingerprint density at radius 1 is 1.30 bits per heavy atom. The van der Waals surface area contributed by atoms with E-state index < -0.39 is 0 Å². The summed E-state index contributed by atoms with van der Waals surface area (Å²) < 4.78 is 1.83. The third kappa shape index (κ3) is 4.20. The minimum Gasteiger partial charge on any atom is -0.356 e. The smallest absolute Gasteiger partial charge is 0.220 e. The molecule has 1 aromatic heterocycles. The topological polar surface area (TPSA) is 72.9 Å². The zero-order chi connectivity index (χ0) is 16.1. The van der Waals surface area contributed by atoms with Crippen LogP contribution < -0.4 is 11.1 Å². The second-order valence-electron chi connectivity index (χ2n) is 6.28. The van der Waals surface area contributed by atoms with Crippen molar-refractivity contribution in [2.75, 3.05) is 6.54 Å². The lowest BCUT2D eigenvalue weighted by Crippen LogP contribution is -2.32. The molecule has 0 radical (unpaired) electrons. The SMILES string of the molecule is N[C@@H]1CCC[C@H]1CC(=O)NCCc1ccc(-n2cccn2)cc1. The number of nitrogens with one attached hydrogen (secondary N) is 1. The van der Waals surface area contributed by atoms with Crippen LogP contribution in [-0.2, 0) is 11.2 Å². The molecule has 0 bridgehead atoms. The Balaban J connectivity index is 1.42. The van der Waals surface area contributed by atoms with E-state index in [0.717, 1.165) is 31.4 Å². The Morgan fingerprint density at radius 2 is 2.13 bits per heavy atom. The molecule has 1 aliphatic carbocycles. The van der Waals surface area contributed by atoms with Crippen molar-refractivity contribution < 1.29 is 4.79 Å². The first kappa shape index (κ1) is 15.7. The third-order valence-electron chi connectivity index (χ3n) is 4.61. The summed E-state index contributed by atoms with van der Waals surface area (Å²) in [6.07, 6.45) is 8.38. The first-order valence-electron chi connectivity index (χ1n) is 8.33. The summed E-state index contributed by atoms with van der Waals surface area (Å²) >= 11 is 0. The van der Waals surface area contributed by atoms with Gasteiger partial charge in [0, 0.05) is 31.4 Å². The molecular formula is C18H24N4O. The Morgan fingerprint density at radius 3 is 2.78 bits per heavy atom. The molecule has 1 aromatic carbocycles. The first-order chi connectivity index (χ1) is 11.2. The van der Waals surface area contributed by atoms with Crippen molar-refractivity contribution in [2.45, 2.75) is 38.1 Å². The van der Waals surface area contributed by atoms with Crippen molar-refractivity contribution in [1.82, 2.24) is 15.1 Å². The summed E-state index contributed by atoms with van der Waals surface area (Å²) in [5.74, 6) is 0.490. The van der Waals surface area contributed by atoms with Crippen LogP contribution in [0.2, 0.25) is 0 Å². The van der Waals surface area contributed by atoms with Gasteiger partial charge in [0.25, 0.3) is 0 Å². The number of nitrogens with two attached hydrogens (primary N) is 1. The highest BCUT2D eigenvalue weighted by molar-refractivity contribution is 5.76. The second kappa shape index (κ2) is 7.42. The Kier molecular flexibility index (Phi) is 5.08. The van der Waals surface area contributed by atoms with Crippen LogP contribution in [0.1, 0.15) is 31.2 Å². The third-order valence-corrected chi connectivity index (χ3v) is 4.61. The van der Waals surface area contributed by atoms with Crippen molar-refractivity contribution in [1.29, 1.82) is 0 Å². The van der Waals surface area contributed by atoms with Crippen LogP contribution >= 0.6 is 0 Å². The molecule has 2 aromatic rings. The molecule has 5 nitrogen and oxygen atoms in total. The largest absolute Gasteiger partial charge is 0.356 e. The average Bonchev–Trinajstić information content (AvgIpc) is 3.21. The molecule has 1 heterocycles. The minimum atomic E-state index is 0.125. The molecule has 3 N–H and O–H groups in total. The fourth-order valence-corrected chi connectivity index (χ4v) is 3.21. The van der Waals surface area contributed by atoms with Gasteiger partial charge in [0.05, 0.1) is 5.69 Å². The molecule has 1 aliphatic rings. The number of nitrogens with zero attached hydrogens (tertiary/aromatic N) is 2. The number of carbonyl (C=O) groups excluding carboxylic acids is 1. The number of aromatic nitrogens is 2. The van der Waals surface area contributed by atoms with E-state index in [2.05, 4.69) is 22.5 Å². The normalized spacial score (nSPS) is 20.6. The molecule has 0 saturated heterocycles. The fourth-order valence-electron chi connectivity index (χ4n) is 3.21. The minimum absolute atomic E-state index is 0.125. The molecule has 122 valence electrons. The van der Waals surface area contributed by atoms with Crippen molar-refractivity contribution in [2.24, 2.45) is 11.7 Å². The van der Waals surface area contributed by atoms with Crippen LogP contribution in [0.5, 0.6) is 0 Å². The zero-order valence-corrected chi connectivity index (χ0v) is 13.3. The number of benzene rings is 1. The van der Waals surface area contributed by atoms with E-state index in [0.29, 0.717) is 18.9 Å². The molecule has 1 fully saturated rings. The van der Waals surface area contributed by atoms with E-state index in [1.165, 1.54) is 5.56 Å². The van der Waals surface area contributed by atoms with Gasteiger partial charge < -0.3 is 11.1 Å². The maximum absolute atomic E-state index is 12.0. The molecule has 5 heteroatoms. The van der Waals surface area contributed by atoms with E-state index >= 15 is 0 Å². The Bertz CT molecular complexity index is 621. The predicted octanol–water partition coefficient (Wildman–Crippen LogP) is 2.05. The van der Waals surface area contributed by atoms with Gasteiger partial charge in [-0.2, -0.15) is 5.10 Å². The molecule has 0 unspecified atom stereocenters. The summed E-state index contributed by atoms with van der Waals surface area (Å²) in [5.41, 5.74) is 8.26. The van der Waals surface area contributed by atoms with Crippen molar-refractivity contribution in [3.63, 3.8) is 0 Å². The van der Waals surface area contributed by atoms with Crippen LogP contribution in [0.15, 0.2) is 42.7 Å². The number of hydrogen-bond acceptors (Lipinski definition) is 3. The summed E-state index contributed by atoms with van der Waals surface area (Å²) in [6.45, 7) is 0.669. The predicted molar refractivity (Wildman–Crippen MR) is 90.2 cm³/mol. The van der Waals surface area contributed by atoms with Crippen LogP contribution in [0.25, 0.3) is 5.69 Å². The van der Waals surface area contributed by atoms with E-state index in [9.17, 15) is 4.79 Å². The molecule has 23 heavy (non-hydrogen) atoms. The van der Waals surface area contributed by atoms with Gasteiger partial charge in [-0.1, -0.05) is 18.6 Å². The summed E-state index contributed by atoms with van der Waals surface area (Å²) in [4.78, 5) is 12.0. The van der Waals surface area contributed by atoms with Gasteiger partial charge in [-0.25, -0.2) is 4.68 Å². The van der Waals surface area contributed by atoms with Crippen molar-refractivity contribution in [3.8, 4) is 5.69 Å². The highest BCUT2D eigenvalue weighted by atomic mass is 16.1. The van der Waals surface area contributed by atoms with Gasteiger partial charge in [0.1, 0.15) is 0 Å². The van der Waals surface area contributed by atoms with Crippen LogP contribution in [0.4, 0.5) is 0 Å². The zero-order valence-electron chi connectivity index (χ0n) is 13.3. The standard InChI is InChI=1S/C18H24N4O/c19-17-4-1-3-15(17)13-18(23)20-11-9-14-5-7-16(8-6-14)22-12-2-10-21-22/h2,5-8,10,12,15,17H,1,3-4,9,11,13,19H2,(H,20,23)/t15-,17+/m0/s1. The summed E-state index contributed by atoms with van der Waals surface area (Å²) in [6, 6.07) is 10.4. The maximum Gasteiger partial charge on any atom is 0.220 e. The molecule has 0 aliphatic heterocycles. The lowest BCUT2D eigenvalue weighted by molar-refractivity contribution is -0.122. The maximum atomic E-state index is 12.0. The van der Waals surface area contributed by atoms with E-state index in [4.69, 9.17) is 5.73 Å². The molecule has 3 rings (SSSR count). The highest BCUT2D eigenvalue weighted by Crippen LogP contribution is 2.26. The van der Waals surface area contributed by atoms with Crippen LogP contribution in [-0.4, -0.2) is 28.3 Å². The van der Waals surface area contributed by atoms with Gasteiger partial charge in [-0.05, 0) is 48.9 Å². The highest BCUT2D eigenvalue weighted by Gasteiger charge is 2.25. The monoisotopic (exact) mass is 312 g/mol. The quantitative estimate of drug-likeness (QED) is 0.857. The average molecular weight is 312 g/mol. The van der Waals surface area contributed by atoms with E-state index in [-0.39, 0.29) is 11.9 Å². The molecule has 2 atom stereocenters. The fraction of sp³-hybridized carbons (Fsp3) is 0.444. The van der Waals surface area contributed by atoms with Crippen molar-refractivity contribution in [3.05, 3.63) is 48.3 Å². The van der Waals surface area contributed by atoms with E-state index in [1.54, 1.807) is 6.20 Å². The second-order valence-corrected chi connectivity index (χ2v) is 6.28. The first-order valence-corrected chi connectivity index (χ1v) is 8.33. The van der Waals surface area contributed by atoms with Gasteiger partial charge in [0.2, 0.25) is 5.91 Å². The molecule has 1 saturated carbocycles. The number of carbonyl (C=O) groups is 1. The van der Waals surface area contributed by atoms with Gasteiger partial charge in [-0.3, -0.25) is 4.79 Å². The van der Waals surface area contributed by atoms with Gasteiger partial charge in [-0.15, -0.1) is 0 Å². The lowest BCUT2D eigenvalue weighted by Gasteiger charge is -2.14. The molecular weight excluding hydrogens is 288 g/mol. The Hall–Kier alpha value is -2.14. The number of amides is 1. The lowest BCUT2D eigenvalue weighted by atomic mass is 10.00. The number of rotatable bonds is 6. The van der Waals surface area contributed by atoms with E-state index in [1.807, 2.05) is 29.1 Å².